The summed E-state index contributed by atoms with van der Waals surface area (Å²) < 4.78 is 5.09. The zero-order valence-corrected chi connectivity index (χ0v) is 13.1. The number of anilines is 1. The van der Waals surface area contributed by atoms with Gasteiger partial charge in [-0.15, -0.1) is 0 Å². The Morgan fingerprint density at radius 2 is 2.19 bits per heavy atom. The van der Waals surface area contributed by atoms with E-state index in [1.54, 1.807) is 11.8 Å². The highest BCUT2D eigenvalue weighted by Crippen LogP contribution is 2.17. The van der Waals surface area contributed by atoms with Crippen LogP contribution in [0.5, 0.6) is 0 Å². The van der Waals surface area contributed by atoms with E-state index in [9.17, 15) is 9.59 Å². The van der Waals surface area contributed by atoms with Crippen molar-refractivity contribution >= 4 is 29.3 Å². The van der Waals surface area contributed by atoms with Gasteiger partial charge < -0.3 is 15.2 Å². The first-order valence-electron chi connectivity index (χ1n) is 6.79. The molecule has 1 aromatic rings. The molecule has 0 aliphatic heterocycles. The van der Waals surface area contributed by atoms with E-state index in [1.807, 2.05) is 31.2 Å². The van der Waals surface area contributed by atoms with E-state index in [0.717, 1.165) is 17.0 Å². The normalized spacial score (nSPS) is 11.9. The van der Waals surface area contributed by atoms with Gasteiger partial charge in [0.05, 0.1) is 6.42 Å². The summed E-state index contributed by atoms with van der Waals surface area (Å²) in [7, 11) is 1.52. The van der Waals surface area contributed by atoms with Crippen molar-refractivity contribution in [2.75, 3.05) is 18.2 Å². The highest BCUT2D eigenvalue weighted by Gasteiger charge is 2.15. The first-order chi connectivity index (χ1) is 10.1. The largest absolute Gasteiger partial charge is 0.481 e. The number of hydrogen-bond donors (Lipinski definition) is 2. The van der Waals surface area contributed by atoms with Crippen LogP contribution in [0.1, 0.15) is 25.3 Å². The molecule has 1 aromatic carbocycles. The van der Waals surface area contributed by atoms with Gasteiger partial charge in [-0.05, 0) is 24.1 Å². The van der Waals surface area contributed by atoms with Crippen molar-refractivity contribution in [2.24, 2.45) is 0 Å². The Bertz CT molecular complexity index is 474. The number of nitrogens with one attached hydrogen (secondary N) is 1. The number of amides is 1. The quantitative estimate of drug-likeness (QED) is 0.686. The molecule has 21 heavy (non-hydrogen) atoms. The molecule has 0 saturated heterocycles. The van der Waals surface area contributed by atoms with Gasteiger partial charge in [-0.2, -0.15) is 11.8 Å². The lowest BCUT2D eigenvalue weighted by Crippen LogP contribution is -2.28. The van der Waals surface area contributed by atoms with Gasteiger partial charge in [-0.1, -0.05) is 19.1 Å². The van der Waals surface area contributed by atoms with Crippen LogP contribution >= 0.6 is 11.8 Å². The minimum Gasteiger partial charge on any atom is -0.481 e. The minimum atomic E-state index is -0.784. The topological polar surface area (TPSA) is 75.6 Å². The molecular formula is C15H21NO4S. The van der Waals surface area contributed by atoms with Crippen LogP contribution in [-0.2, 0) is 20.1 Å². The summed E-state index contributed by atoms with van der Waals surface area (Å²) in [6, 6.07) is 7.55. The van der Waals surface area contributed by atoms with Crippen molar-refractivity contribution in [3.8, 4) is 0 Å². The van der Waals surface area contributed by atoms with Crippen LogP contribution in [-0.4, -0.2) is 35.9 Å². The fourth-order valence-corrected chi connectivity index (χ4v) is 2.65. The Balaban J connectivity index is 2.52. The number of carbonyl (C=O) groups is 2. The predicted octanol–water partition coefficient (Wildman–Crippen LogP) is 2.76. The average molecular weight is 311 g/mol. The molecule has 0 aliphatic rings. The molecule has 1 amide bonds. The predicted molar refractivity (Wildman–Crippen MR) is 84.6 cm³/mol. The minimum absolute atomic E-state index is 0.157. The Morgan fingerprint density at radius 1 is 1.43 bits per heavy atom. The number of ether oxygens (including phenoxy) is 1. The SMILES string of the molecule is CCC(OC)C(=O)Nc1cccc(CSCCC(=O)O)c1. The maximum absolute atomic E-state index is 11.9. The number of carboxylic acid groups (broad SMARTS) is 1. The van der Waals surface area contributed by atoms with Crippen molar-refractivity contribution in [1.82, 2.24) is 0 Å². The van der Waals surface area contributed by atoms with Crippen molar-refractivity contribution in [2.45, 2.75) is 31.6 Å². The van der Waals surface area contributed by atoms with Crippen LogP contribution in [0.25, 0.3) is 0 Å². The third-order valence-corrected chi connectivity index (χ3v) is 3.90. The second-order valence-electron chi connectivity index (χ2n) is 4.52. The molecule has 0 spiro atoms. The van der Waals surface area contributed by atoms with Crippen LogP contribution in [0.2, 0.25) is 0 Å². The molecular weight excluding hydrogens is 290 g/mol. The molecule has 0 saturated carbocycles. The first kappa shape index (κ1) is 17.5. The molecule has 6 heteroatoms. The van der Waals surface area contributed by atoms with Crippen LogP contribution < -0.4 is 5.32 Å². The molecule has 116 valence electrons. The van der Waals surface area contributed by atoms with E-state index in [4.69, 9.17) is 9.84 Å². The Kier molecular flexibility index (Phi) is 7.85. The van der Waals surface area contributed by atoms with E-state index in [0.29, 0.717) is 12.2 Å². The van der Waals surface area contributed by atoms with Gasteiger partial charge >= 0.3 is 5.97 Å². The molecule has 0 aromatic heterocycles. The van der Waals surface area contributed by atoms with Gasteiger partial charge in [0.15, 0.2) is 0 Å². The molecule has 5 nitrogen and oxygen atoms in total. The van der Waals surface area contributed by atoms with Gasteiger partial charge in [0, 0.05) is 24.3 Å². The van der Waals surface area contributed by atoms with Crippen molar-refractivity contribution < 1.29 is 19.4 Å². The van der Waals surface area contributed by atoms with E-state index >= 15 is 0 Å². The van der Waals surface area contributed by atoms with Crippen molar-refractivity contribution in [1.29, 1.82) is 0 Å². The zero-order valence-electron chi connectivity index (χ0n) is 12.3. The number of hydrogen-bond acceptors (Lipinski definition) is 4. The number of thioether (sulfide) groups is 1. The number of benzene rings is 1. The average Bonchev–Trinajstić information content (AvgIpc) is 2.45. The van der Waals surface area contributed by atoms with E-state index in [1.165, 1.54) is 7.11 Å². The summed E-state index contributed by atoms with van der Waals surface area (Å²) in [4.78, 5) is 22.3. The molecule has 0 aliphatic carbocycles. The van der Waals surface area contributed by atoms with Crippen LogP contribution in [0, 0.1) is 0 Å². The summed E-state index contributed by atoms with van der Waals surface area (Å²) in [5.74, 6) is 0.357. The van der Waals surface area contributed by atoms with Crippen LogP contribution in [0.4, 0.5) is 5.69 Å². The summed E-state index contributed by atoms with van der Waals surface area (Å²) in [5, 5.41) is 11.4. The Hall–Kier alpha value is -1.53. The lowest BCUT2D eigenvalue weighted by molar-refractivity contribution is -0.136. The number of aliphatic carboxylic acids is 1. The third-order valence-electron chi connectivity index (χ3n) is 2.87. The summed E-state index contributed by atoms with van der Waals surface area (Å²) in [6.45, 7) is 1.89. The van der Waals surface area contributed by atoms with Gasteiger partial charge in [0.2, 0.25) is 0 Å². The highest BCUT2D eigenvalue weighted by molar-refractivity contribution is 7.98. The molecule has 1 rings (SSSR count). The smallest absolute Gasteiger partial charge is 0.304 e. The number of carbonyl (C=O) groups excluding carboxylic acids is 1. The van der Waals surface area contributed by atoms with Crippen molar-refractivity contribution in [3.63, 3.8) is 0 Å². The molecule has 0 bridgehead atoms. The van der Waals surface area contributed by atoms with Crippen LogP contribution in [0.15, 0.2) is 24.3 Å². The number of methoxy groups -OCH3 is 1. The van der Waals surface area contributed by atoms with Crippen LogP contribution in [0.3, 0.4) is 0 Å². The van der Waals surface area contributed by atoms with E-state index < -0.39 is 12.1 Å². The second-order valence-corrected chi connectivity index (χ2v) is 5.62. The monoisotopic (exact) mass is 311 g/mol. The van der Waals surface area contributed by atoms with E-state index in [-0.39, 0.29) is 12.3 Å². The fourth-order valence-electron chi connectivity index (χ4n) is 1.77. The Labute approximate surface area is 129 Å². The summed E-state index contributed by atoms with van der Waals surface area (Å²) >= 11 is 1.56. The maximum Gasteiger partial charge on any atom is 0.304 e. The van der Waals surface area contributed by atoms with Gasteiger partial charge in [-0.25, -0.2) is 0 Å². The molecule has 2 N–H and O–H groups in total. The first-order valence-corrected chi connectivity index (χ1v) is 7.94. The van der Waals surface area contributed by atoms with Gasteiger partial charge in [0.25, 0.3) is 5.91 Å². The standard InChI is InChI=1S/C15H21NO4S/c1-3-13(20-2)15(19)16-12-6-4-5-11(9-12)10-21-8-7-14(17)18/h4-6,9,13H,3,7-8,10H2,1-2H3,(H,16,19)(H,17,18). The molecule has 0 fully saturated rings. The zero-order chi connectivity index (χ0) is 15.7. The van der Waals surface area contributed by atoms with Gasteiger partial charge in [-0.3, -0.25) is 9.59 Å². The molecule has 0 radical (unpaired) electrons. The van der Waals surface area contributed by atoms with E-state index in [2.05, 4.69) is 5.32 Å². The summed E-state index contributed by atoms with van der Waals surface area (Å²) in [5.41, 5.74) is 1.78. The molecule has 0 heterocycles. The lowest BCUT2D eigenvalue weighted by atomic mass is 10.2. The third kappa shape index (κ3) is 6.64. The summed E-state index contributed by atoms with van der Waals surface area (Å²) in [6.07, 6.45) is 0.332. The fraction of sp³-hybridized carbons (Fsp3) is 0.467. The van der Waals surface area contributed by atoms with Gasteiger partial charge in [0.1, 0.15) is 6.10 Å². The second kappa shape index (κ2) is 9.41. The number of carboxylic acids is 1. The lowest BCUT2D eigenvalue weighted by Gasteiger charge is -2.13. The highest BCUT2D eigenvalue weighted by atomic mass is 32.2. The molecule has 1 atom stereocenters. The number of rotatable bonds is 9. The van der Waals surface area contributed by atoms with Crippen molar-refractivity contribution in [3.05, 3.63) is 29.8 Å². The maximum atomic E-state index is 11.9. The Morgan fingerprint density at radius 3 is 2.81 bits per heavy atom. The molecule has 1 unspecified atom stereocenters.